The molecule has 1 amide bonds. The van der Waals surface area contributed by atoms with Crippen molar-refractivity contribution in [2.75, 3.05) is 13.1 Å². The highest BCUT2D eigenvalue weighted by Crippen LogP contribution is 2.27. The van der Waals surface area contributed by atoms with Gasteiger partial charge in [-0.25, -0.2) is 0 Å². The second-order valence-corrected chi connectivity index (χ2v) is 5.59. The Hall–Kier alpha value is -0.280. The van der Waals surface area contributed by atoms with Crippen LogP contribution in [-0.2, 0) is 4.79 Å². The summed E-state index contributed by atoms with van der Waals surface area (Å²) in [7, 11) is 0. The zero-order chi connectivity index (χ0) is 12.1. The van der Waals surface area contributed by atoms with Gasteiger partial charge in [-0.1, -0.05) is 26.2 Å². The molecule has 18 heavy (non-hydrogen) atoms. The lowest BCUT2D eigenvalue weighted by Crippen LogP contribution is -2.46. The molecule has 1 saturated heterocycles. The normalized spacial score (nSPS) is 29.4. The number of amides is 1. The number of hydrogen-bond acceptors (Lipinski definition) is 2. The summed E-state index contributed by atoms with van der Waals surface area (Å²) in [4.78, 5) is 12.2. The van der Waals surface area contributed by atoms with Gasteiger partial charge in [0, 0.05) is 12.0 Å². The summed E-state index contributed by atoms with van der Waals surface area (Å²) < 4.78 is 0. The van der Waals surface area contributed by atoms with Crippen molar-refractivity contribution in [1.29, 1.82) is 0 Å². The van der Waals surface area contributed by atoms with Crippen LogP contribution in [0.3, 0.4) is 0 Å². The van der Waals surface area contributed by atoms with Gasteiger partial charge in [0.15, 0.2) is 0 Å². The molecule has 0 radical (unpaired) electrons. The van der Waals surface area contributed by atoms with Crippen molar-refractivity contribution in [1.82, 2.24) is 10.6 Å². The third-order valence-electron chi connectivity index (χ3n) is 4.47. The van der Waals surface area contributed by atoms with Crippen LogP contribution >= 0.6 is 12.4 Å². The van der Waals surface area contributed by atoms with E-state index in [4.69, 9.17) is 0 Å². The fraction of sp³-hybridized carbons (Fsp3) is 0.929. The third kappa shape index (κ3) is 4.13. The molecule has 2 unspecified atom stereocenters. The molecule has 1 saturated carbocycles. The maximum Gasteiger partial charge on any atom is 0.223 e. The third-order valence-corrected chi connectivity index (χ3v) is 4.47. The summed E-state index contributed by atoms with van der Waals surface area (Å²) in [5.41, 5.74) is 0. The standard InChI is InChI=1S/C14H26N2O.ClH/c1-2-11-5-3-4-6-13(11)16-14(17)12-7-9-15-10-8-12;/h11-13,15H,2-10H2,1H3,(H,16,17);1H. The minimum Gasteiger partial charge on any atom is -0.353 e. The molecule has 2 N–H and O–H groups in total. The molecule has 1 aliphatic heterocycles. The molecule has 1 aliphatic carbocycles. The highest BCUT2D eigenvalue weighted by atomic mass is 35.5. The largest absolute Gasteiger partial charge is 0.353 e. The summed E-state index contributed by atoms with van der Waals surface area (Å²) in [5, 5.41) is 6.64. The van der Waals surface area contributed by atoms with Crippen LogP contribution in [0.2, 0.25) is 0 Å². The summed E-state index contributed by atoms with van der Waals surface area (Å²) in [6, 6.07) is 0.455. The van der Waals surface area contributed by atoms with Crippen molar-refractivity contribution in [2.24, 2.45) is 11.8 Å². The molecule has 0 aromatic heterocycles. The average molecular weight is 275 g/mol. The van der Waals surface area contributed by atoms with Crippen molar-refractivity contribution in [3.8, 4) is 0 Å². The summed E-state index contributed by atoms with van der Waals surface area (Å²) >= 11 is 0. The number of carbonyl (C=O) groups is 1. The Morgan fingerprint density at radius 1 is 1.17 bits per heavy atom. The van der Waals surface area contributed by atoms with Crippen LogP contribution in [0.4, 0.5) is 0 Å². The Bertz CT molecular complexity index is 254. The van der Waals surface area contributed by atoms with E-state index in [0.717, 1.165) is 31.8 Å². The Labute approximate surface area is 117 Å². The van der Waals surface area contributed by atoms with Crippen LogP contribution in [0.1, 0.15) is 51.9 Å². The molecule has 2 rings (SSSR count). The lowest BCUT2D eigenvalue weighted by Gasteiger charge is -2.33. The first-order chi connectivity index (χ1) is 8.31. The van der Waals surface area contributed by atoms with Crippen molar-refractivity contribution >= 4 is 18.3 Å². The zero-order valence-electron chi connectivity index (χ0n) is 11.4. The number of hydrogen-bond donors (Lipinski definition) is 2. The number of carbonyl (C=O) groups excluding carboxylic acids is 1. The average Bonchev–Trinajstić information content (AvgIpc) is 2.40. The predicted octanol–water partition coefficient (Wildman–Crippen LogP) is 2.49. The fourth-order valence-corrected chi connectivity index (χ4v) is 3.27. The molecule has 2 fully saturated rings. The van der Waals surface area contributed by atoms with E-state index in [1.54, 1.807) is 0 Å². The first-order valence-corrected chi connectivity index (χ1v) is 7.32. The van der Waals surface area contributed by atoms with Crippen LogP contribution in [0.15, 0.2) is 0 Å². The number of piperidine rings is 1. The van der Waals surface area contributed by atoms with Gasteiger partial charge in [0.2, 0.25) is 5.91 Å². The Kier molecular flexibility index (Phi) is 7.02. The molecular formula is C14H27ClN2O. The van der Waals surface area contributed by atoms with E-state index in [-0.39, 0.29) is 18.3 Å². The quantitative estimate of drug-likeness (QED) is 0.830. The molecule has 0 spiro atoms. The molecule has 2 aliphatic rings. The number of rotatable bonds is 3. The lowest BCUT2D eigenvalue weighted by atomic mass is 9.82. The first-order valence-electron chi connectivity index (χ1n) is 7.32. The highest BCUT2D eigenvalue weighted by molar-refractivity contribution is 5.85. The molecule has 3 nitrogen and oxygen atoms in total. The minimum absolute atomic E-state index is 0. The smallest absolute Gasteiger partial charge is 0.223 e. The van der Waals surface area contributed by atoms with E-state index in [1.807, 2.05) is 0 Å². The highest BCUT2D eigenvalue weighted by Gasteiger charge is 2.28. The Balaban J connectivity index is 0.00000162. The molecule has 0 aromatic carbocycles. The van der Waals surface area contributed by atoms with Crippen molar-refractivity contribution in [2.45, 2.75) is 57.9 Å². The number of halogens is 1. The molecule has 2 atom stereocenters. The number of nitrogens with one attached hydrogen (secondary N) is 2. The van der Waals surface area contributed by atoms with E-state index < -0.39 is 0 Å². The molecule has 4 heteroatoms. The van der Waals surface area contributed by atoms with Gasteiger partial charge < -0.3 is 10.6 Å². The maximum absolute atomic E-state index is 12.2. The Morgan fingerprint density at radius 3 is 2.50 bits per heavy atom. The van der Waals surface area contributed by atoms with E-state index in [0.29, 0.717) is 11.9 Å². The SMILES string of the molecule is CCC1CCCCC1NC(=O)C1CCNCC1.Cl. The van der Waals surface area contributed by atoms with Crippen molar-refractivity contribution < 1.29 is 4.79 Å². The molecular weight excluding hydrogens is 248 g/mol. The van der Waals surface area contributed by atoms with Gasteiger partial charge in [0.1, 0.15) is 0 Å². The molecule has 0 aromatic rings. The lowest BCUT2D eigenvalue weighted by molar-refractivity contribution is -0.127. The van der Waals surface area contributed by atoms with Gasteiger partial charge in [0.05, 0.1) is 0 Å². The van der Waals surface area contributed by atoms with Gasteiger partial charge in [-0.3, -0.25) is 4.79 Å². The van der Waals surface area contributed by atoms with Crippen molar-refractivity contribution in [3.05, 3.63) is 0 Å². The summed E-state index contributed by atoms with van der Waals surface area (Å²) in [5.74, 6) is 1.29. The predicted molar refractivity (Wildman–Crippen MR) is 77.0 cm³/mol. The van der Waals surface area contributed by atoms with Gasteiger partial charge >= 0.3 is 0 Å². The summed E-state index contributed by atoms with van der Waals surface area (Å²) in [6.45, 7) is 4.25. The van der Waals surface area contributed by atoms with Crippen LogP contribution in [0, 0.1) is 11.8 Å². The second kappa shape index (κ2) is 8.00. The maximum atomic E-state index is 12.2. The van der Waals surface area contributed by atoms with Crippen molar-refractivity contribution in [3.63, 3.8) is 0 Å². The molecule has 106 valence electrons. The van der Waals surface area contributed by atoms with Gasteiger partial charge in [-0.15, -0.1) is 12.4 Å². The van der Waals surface area contributed by atoms with Gasteiger partial charge in [0.25, 0.3) is 0 Å². The first kappa shape index (κ1) is 15.8. The topological polar surface area (TPSA) is 41.1 Å². The van der Waals surface area contributed by atoms with E-state index >= 15 is 0 Å². The van der Waals surface area contributed by atoms with Crippen LogP contribution < -0.4 is 10.6 Å². The van der Waals surface area contributed by atoms with E-state index in [2.05, 4.69) is 17.6 Å². The minimum atomic E-state index is 0. The monoisotopic (exact) mass is 274 g/mol. The van der Waals surface area contributed by atoms with Crippen LogP contribution in [0.25, 0.3) is 0 Å². The fourth-order valence-electron chi connectivity index (χ4n) is 3.27. The van der Waals surface area contributed by atoms with E-state index in [9.17, 15) is 4.79 Å². The summed E-state index contributed by atoms with van der Waals surface area (Å²) in [6.07, 6.45) is 8.34. The Morgan fingerprint density at radius 2 is 1.83 bits per heavy atom. The second-order valence-electron chi connectivity index (χ2n) is 5.59. The van der Waals surface area contributed by atoms with Gasteiger partial charge in [-0.05, 0) is 44.7 Å². The van der Waals surface area contributed by atoms with Crippen LogP contribution in [-0.4, -0.2) is 25.0 Å². The van der Waals surface area contributed by atoms with Gasteiger partial charge in [-0.2, -0.15) is 0 Å². The van der Waals surface area contributed by atoms with E-state index in [1.165, 1.54) is 32.1 Å². The van der Waals surface area contributed by atoms with Crippen LogP contribution in [0.5, 0.6) is 0 Å². The molecule has 1 heterocycles. The zero-order valence-corrected chi connectivity index (χ0v) is 12.2. The molecule has 0 bridgehead atoms.